The lowest BCUT2D eigenvalue weighted by Gasteiger charge is -2.18. The van der Waals surface area contributed by atoms with Crippen LogP contribution in [0.2, 0.25) is 0 Å². The summed E-state index contributed by atoms with van der Waals surface area (Å²) in [5.41, 5.74) is 0. The van der Waals surface area contributed by atoms with Crippen LogP contribution in [0, 0.1) is 0 Å². The highest BCUT2D eigenvalue weighted by Crippen LogP contribution is 2.18. The lowest BCUT2D eigenvalue weighted by atomic mass is 10.1. The average molecular weight is 211 g/mol. The van der Waals surface area contributed by atoms with Gasteiger partial charge in [-0.1, -0.05) is 25.7 Å². The van der Waals surface area contributed by atoms with Gasteiger partial charge in [0.2, 0.25) is 5.91 Å². The largest absolute Gasteiger partial charge is 0.368 e. The highest BCUT2D eigenvalue weighted by molar-refractivity contribution is 5.81. The number of nitrogens with one attached hydrogen (secondary N) is 1. The zero-order valence-corrected chi connectivity index (χ0v) is 9.34. The Morgan fingerprint density at radius 3 is 2.33 bits per heavy atom. The Morgan fingerprint density at radius 2 is 1.73 bits per heavy atom. The Hall–Kier alpha value is -0.570. The van der Waals surface area contributed by atoms with E-state index in [9.17, 15) is 4.79 Å². The first-order valence-electron chi connectivity index (χ1n) is 6.28. The summed E-state index contributed by atoms with van der Waals surface area (Å²) in [6, 6.07) is 0.407. The molecule has 1 aliphatic heterocycles. The van der Waals surface area contributed by atoms with Crippen molar-refractivity contribution in [1.29, 1.82) is 0 Å². The van der Waals surface area contributed by atoms with Crippen molar-refractivity contribution in [2.75, 3.05) is 6.61 Å². The van der Waals surface area contributed by atoms with Crippen molar-refractivity contribution in [3.63, 3.8) is 0 Å². The van der Waals surface area contributed by atoms with Crippen LogP contribution in [0.3, 0.4) is 0 Å². The Bertz CT molecular complexity index is 204. The second kappa shape index (κ2) is 5.50. The molecule has 1 heterocycles. The minimum absolute atomic E-state index is 0.124. The lowest BCUT2D eigenvalue weighted by molar-refractivity contribution is -0.130. The predicted molar refractivity (Wildman–Crippen MR) is 58.6 cm³/mol. The first-order chi connectivity index (χ1) is 7.36. The van der Waals surface area contributed by atoms with E-state index < -0.39 is 0 Å². The van der Waals surface area contributed by atoms with Gasteiger partial charge in [0, 0.05) is 12.6 Å². The minimum Gasteiger partial charge on any atom is -0.368 e. The number of hydrogen-bond acceptors (Lipinski definition) is 2. The van der Waals surface area contributed by atoms with Crippen molar-refractivity contribution in [2.45, 2.75) is 63.5 Å². The van der Waals surface area contributed by atoms with Crippen molar-refractivity contribution in [2.24, 2.45) is 0 Å². The fraction of sp³-hybridized carbons (Fsp3) is 0.917. The van der Waals surface area contributed by atoms with Crippen LogP contribution in [0.25, 0.3) is 0 Å². The summed E-state index contributed by atoms with van der Waals surface area (Å²) in [5, 5.41) is 3.14. The maximum absolute atomic E-state index is 11.8. The van der Waals surface area contributed by atoms with Crippen molar-refractivity contribution in [3.8, 4) is 0 Å². The molecule has 0 radical (unpaired) electrons. The highest BCUT2D eigenvalue weighted by atomic mass is 16.5. The van der Waals surface area contributed by atoms with Gasteiger partial charge < -0.3 is 10.1 Å². The number of carbonyl (C=O) groups excluding carboxylic acids is 1. The van der Waals surface area contributed by atoms with Crippen molar-refractivity contribution in [1.82, 2.24) is 5.32 Å². The molecule has 3 heteroatoms. The van der Waals surface area contributed by atoms with E-state index in [0.717, 1.165) is 32.3 Å². The van der Waals surface area contributed by atoms with Crippen LogP contribution in [0.1, 0.15) is 51.4 Å². The molecule has 2 fully saturated rings. The normalized spacial score (nSPS) is 28.7. The van der Waals surface area contributed by atoms with E-state index in [1.54, 1.807) is 0 Å². The summed E-state index contributed by atoms with van der Waals surface area (Å²) in [6.07, 6.45) is 9.25. The fourth-order valence-electron chi connectivity index (χ4n) is 2.50. The Kier molecular flexibility index (Phi) is 4.01. The molecule has 1 atom stereocenters. The second-order valence-electron chi connectivity index (χ2n) is 4.70. The molecular weight excluding hydrogens is 190 g/mol. The number of rotatable bonds is 2. The molecule has 15 heavy (non-hydrogen) atoms. The monoisotopic (exact) mass is 211 g/mol. The van der Waals surface area contributed by atoms with E-state index in [1.165, 1.54) is 25.7 Å². The molecule has 0 unspecified atom stereocenters. The Labute approximate surface area is 91.6 Å². The summed E-state index contributed by atoms with van der Waals surface area (Å²) in [6.45, 7) is 0.753. The van der Waals surface area contributed by atoms with Gasteiger partial charge in [-0.15, -0.1) is 0 Å². The van der Waals surface area contributed by atoms with Crippen LogP contribution in [0.5, 0.6) is 0 Å². The van der Waals surface area contributed by atoms with E-state index in [4.69, 9.17) is 4.74 Å². The standard InChI is InChI=1S/C12H21NO2/c14-12(11-8-5-9-15-11)13-10-6-3-1-2-4-7-10/h10-11H,1-9H2,(H,13,14)/t11-/m1/s1. The molecule has 1 saturated carbocycles. The van der Waals surface area contributed by atoms with E-state index in [0.29, 0.717) is 6.04 Å². The Balaban J connectivity index is 1.76. The van der Waals surface area contributed by atoms with Crippen LogP contribution in [-0.2, 0) is 9.53 Å². The van der Waals surface area contributed by atoms with Crippen molar-refractivity contribution < 1.29 is 9.53 Å². The zero-order chi connectivity index (χ0) is 10.5. The Morgan fingerprint density at radius 1 is 1.00 bits per heavy atom. The van der Waals surface area contributed by atoms with Gasteiger partial charge in [0.25, 0.3) is 0 Å². The van der Waals surface area contributed by atoms with E-state index >= 15 is 0 Å². The molecular formula is C12H21NO2. The molecule has 0 bridgehead atoms. The van der Waals surface area contributed by atoms with Gasteiger partial charge >= 0.3 is 0 Å². The summed E-state index contributed by atoms with van der Waals surface area (Å²) < 4.78 is 5.38. The number of hydrogen-bond donors (Lipinski definition) is 1. The minimum atomic E-state index is -0.159. The summed E-state index contributed by atoms with van der Waals surface area (Å²) >= 11 is 0. The molecule has 0 aromatic heterocycles. The van der Waals surface area contributed by atoms with Gasteiger partial charge in [-0.05, 0) is 25.7 Å². The summed E-state index contributed by atoms with van der Waals surface area (Å²) in [5.74, 6) is 0.124. The molecule has 0 spiro atoms. The molecule has 1 amide bonds. The van der Waals surface area contributed by atoms with Gasteiger partial charge in [-0.25, -0.2) is 0 Å². The molecule has 3 nitrogen and oxygen atoms in total. The molecule has 2 rings (SSSR count). The zero-order valence-electron chi connectivity index (χ0n) is 9.34. The van der Waals surface area contributed by atoms with Gasteiger partial charge in [-0.2, -0.15) is 0 Å². The first-order valence-corrected chi connectivity index (χ1v) is 6.28. The molecule has 1 saturated heterocycles. The van der Waals surface area contributed by atoms with Crippen molar-refractivity contribution >= 4 is 5.91 Å². The SMILES string of the molecule is O=C(NC1CCCCCC1)[C@H]1CCCO1. The average Bonchev–Trinajstić information content (AvgIpc) is 2.65. The van der Waals surface area contributed by atoms with Crippen LogP contribution in [-0.4, -0.2) is 24.7 Å². The lowest BCUT2D eigenvalue weighted by Crippen LogP contribution is -2.40. The molecule has 2 aliphatic rings. The number of amides is 1. The third-order valence-corrected chi connectivity index (χ3v) is 3.42. The van der Waals surface area contributed by atoms with Crippen LogP contribution < -0.4 is 5.32 Å². The maximum atomic E-state index is 11.8. The van der Waals surface area contributed by atoms with Crippen LogP contribution >= 0.6 is 0 Å². The summed E-state index contributed by atoms with van der Waals surface area (Å²) in [7, 11) is 0. The van der Waals surface area contributed by atoms with Crippen LogP contribution in [0.4, 0.5) is 0 Å². The van der Waals surface area contributed by atoms with E-state index in [2.05, 4.69) is 5.32 Å². The maximum Gasteiger partial charge on any atom is 0.249 e. The van der Waals surface area contributed by atoms with E-state index in [-0.39, 0.29) is 12.0 Å². The van der Waals surface area contributed by atoms with Crippen LogP contribution in [0.15, 0.2) is 0 Å². The summed E-state index contributed by atoms with van der Waals surface area (Å²) in [4.78, 5) is 11.8. The first kappa shape index (κ1) is 10.9. The topological polar surface area (TPSA) is 38.3 Å². The van der Waals surface area contributed by atoms with Crippen molar-refractivity contribution in [3.05, 3.63) is 0 Å². The fourth-order valence-corrected chi connectivity index (χ4v) is 2.50. The van der Waals surface area contributed by atoms with Gasteiger partial charge in [0.05, 0.1) is 0 Å². The van der Waals surface area contributed by atoms with Gasteiger partial charge in [0.15, 0.2) is 0 Å². The van der Waals surface area contributed by atoms with Gasteiger partial charge in [0.1, 0.15) is 6.10 Å². The quantitative estimate of drug-likeness (QED) is 0.709. The third kappa shape index (κ3) is 3.20. The second-order valence-corrected chi connectivity index (χ2v) is 4.70. The van der Waals surface area contributed by atoms with E-state index in [1.807, 2.05) is 0 Å². The molecule has 1 N–H and O–H groups in total. The number of ether oxygens (including phenoxy) is 1. The smallest absolute Gasteiger partial charge is 0.249 e. The highest BCUT2D eigenvalue weighted by Gasteiger charge is 2.25. The molecule has 0 aromatic carbocycles. The molecule has 0 aromatic rings. The third-order valence-electron chi connectivity index (χ3n) is 3.42. The molecule has 86 valence electrons. The van der Waals surface area contributed by atoms with Gasteiger partial charge in [-0.3, -0.25) is 4.79 Å². The predicted octanol–water partition coefficient (Wildman–Crippen LogP) is 2.00. The molecule has 1 aliphatic carbocycles. The number of carbonyl (C=O) groups is 1.